The molecule has 4 amide bonds. The number of rotatable bonds is 13. The molecule has 0 saturated heterocycles. The van der Waals surface area contributed by atoms with E-state index in [1.165, 1.54) is 20.0 Å². The molecule has 2 N–H and O–H groups in total. The van der Waals surface area contributed by atoms with Gasteiger partial charge < -0.3 is 25.0 Å². The van der Waals surface area contributed by atoms with Crippen LogP contribution in [0.1, 0.15) is 53.7 Å². The van der Waals surface area contributed by atoms with Crippen molar-refractivity contribution in [1.29, 1.82) is 0 Å². The number of imide groups is 1. The Bertz CT molecular complexity index is 1220. The molecule has 0 atom stereocenters. The lowest BCUT2D eigenvalue weighted by atomic mass is 10.1. The Labute approximate surface area is 226 Å². The molecule has 0 radical (unpaired) electrons. The van der Waals surface area contributed by atoms with Crippen LogP contribution in [0.25, 0.3) is 0 Å². The molecule has 2 aromatic rings. The summed E-state index contributed by atoms with van der Waals surface area (Å²) in [5, 5.41) is 4.46. The van der Waals surface area contributed by atoms with Crippen LogP contribution in [0.15, 0.2) is 42.5 Å². The number of carbonyl (C=O) groups excluding carboxylic acids is 4. The number of fused-ring (bicyclic) bond motifs is 1. The van der Waals surface area contributed by atoms with Gasteiger partial charge in [0.2, 0.25) is 13.8 Å². The van der Waals surface area contributed by atoms with Crippen LogP contribution in [0.5, 0.6) is 5.75 Å². The average molecular weight is 543 g/mol. The van der Waals surface area contributed by atoms with Gasteiger partial charge in [0, 0.05) is 37.2 Å². The molecular formula is C27H32BF2N3O6. The van der Waals surface area contributed by atoms with E-state index in [0.29, 0.717) is 42.8 Å². The van der Waals surface area contributed by atoms with Gasteiger partial charge in [-0.2, -0.15) is 8.78 Å². The summed E-state index contributed by atoms with van der Waals surface area (Å²) in [6, 6.07) is 10.1. The van der Waals surface area contributed by atoms with Crippen LogP contribution in [-0.2, 0) is 33.3 Å². The van der Waals surface area contributed by atoms with E-state index >= 15 is 0 Å². The molecule has 0 saturated carbocycles. The van der Waals surface area contributed by atoms with E-state index < -0.39 is 29.1 Å². The first kappa shape index (κ1) is 29.8. The average Bonchev–Trinajstić information content (AvgIpc) is 3.19. The van der Waals surface area contributed by atoms with E-state index in [2.05, 4.69) is 10.6 Å². The topological polar surface area (TPSA) is 114 Å². The summed E-state index contributed by atoms with van der Waals surface area (Å²) < 4.78 is 40.6. The summed E-state index contributed by atoms with van der Waals surface area (Å²) in [4.78, 5) is 49.2. The molecular weight excluding hydrogens is 511 g/mol. The lowest BCUT2D eigenvalue weighted by molar-refractivity contribution is -0.147. The first-order valence-corrected chi connectivity index (χ1v) is 12.7. The molecule has 1 aliphatic heterocycles. The molecule has 1 aliphatic rings. The Balaban J connectivity index is 1.54. The standard InChI is InChI=1S/C27H32BF2N3O6/c1-17(2)38-11-12-39-21-6-3-5-20(14-21)27(29,30)25(36)31-15-18-8-9-22-19(13-18)16-33(24(22)35)10-4-7-23(34)32-26(28)37/h3,5-6,8-9,13-14,17H,4,7,10-12,15-16,28H2,1-2H3,(H,31,36)(H,32,34,37). The number of amides is 4. The second kappa shape index (κ2) is 13.3. The van der Waals surface area contributed by atoms with Crippen LogP contribution >= 0.6 is 0 Å². The molecule has 0 bridgehead atoms. The molecule has 2 aromatic carbocycles. The van der Waals surface area contributed by atoms with Crippen LogP contribution in [-0.4, -0.2) is 62.1 Å². The maximum atomic E-state index is 14.9. The quantitative estimate of drug-likeness (QED) is 0.297. The van der Waals surface area contributed by atoms with E-state index in [4.69, 9.17) is 9.47 Å². The van der Waals surface area contributed by atoms with Crippen molar-refractivity contribution in [1.82, 2.24) is 15.5 Å². The lowest BCUT2D eigenvalue weighted by Gasteiger charge is -2.18. The van der Waals surface area contributed by atoms with Crippen LogP contribution in [0.3, 0.4) is 0 Å². The fraction of sp³-hybridized carbons (Fsp3) is 0.407. The summed E-state index contributed by atoms with van der Waals surface area (Å²) in [6.45, 7) is 4.72. The highest BCUT2D eigenvalue weighted by Gasteiger charge is 2.41. The minimum atomic E-state index is -3.79. The molecule has 0 fully saturated rings. The number of ether oxygens (including phenoxy) is 2. The van der Waals surface area contributed by atoms with Crippen molar-refractivity contribution in [3.05, 3.63) is 64.7 Å². The summed E-state index contributed by atoms with van der Waals surface area (Å²) >= 11 is 0. The summed E-state index contributed by atoms with van der Waals surface area (Å²) in [5.74, 6) is -6.07. The van der Waals surface area contributed by atoms with Gasteiger partial charge in [-0.05, 0) is 49.6 Å². The molecule has 1 heterocycles. The van der Waals surface area contributed by atoms with Crippen molar-refractivity contribution in [2.24, 2.45) is 0 Å². The third kappa shape index (κ3) is 8.34. The predicted molar refractivity (Wildman–Crippen MR) is 141 cm³/mol. The SMILES string of the molecule is BC(=O)NC(=O)CCCN1Cc2cc(CNC(=O)C(F)(F)c3cccc(OCCOC(C)C)c3)ccc2C1=O. The zero-order chi connectivity index (χ0) is 28.6. The highest BCUT2D eigenvalue weighted by Crippen LogP contribution is 2.31. The fourth-order valence-electron chi connectivity index (χ4n) is 4.06. The van der Waals surface area contributed by atoms with Gasteiger partial charge in [0.15, 0.2) is 5.81 Å². The summed E-state index contributed by atoms with van der Waals surface area (Å²) in [7, 11) is 1.25. The molecule has 12 heteroatoms. The van der Waals surface area contributed by atoms with Crippen molar-refractivity contribution in [2.45, 2.75) is 51.8 Å². The Morgan fingerprint density at radius 3 is 2.62 bits per heavy atom. The first-order valence-electron chi connectivity index (χ1n) is 12.7. The fourth-order valence-corrected chi connectivity index (χ4v) is 4.06. The second-order valence-electron chi connectivity index (χ2n) is 9.48. The van der Waals surface area contributed by atoms with E-state index in [1.807, 2.05) is 13.8 Å². The Kier molecular flexibility index (Phi) is 10.2. The third-order valence-corrected chi connectivity index (χ3v) is 5.93. The van der Waals surface area contributed by atoms with Gasteiger partial charge in [0.1, 0.15) is 12.4 Å². The van der Waals surface area contributed by atoms with E-state index in [1.54, 1.807) is 23.1 Å². The number of halogens is 2. The van der Waals surface area contributed by atoms with Crippen molar-refractivity contribution in [3.8, 4) is 5.75 Å². The molecule has 39 heavy (non-hydrogen) atoms. The number of benzene rings is 2. The van der Waals surface area contributed by atoms with Crippen LogP contribution < -0.4 is 15.4 Å². The minimum Gasteiger partial charge on any atom is -0.491 e. The second-order valence-corrected chi connectivity index (χ2v) is 9.48. The number of carbonyl (C=O) groups is 4. The van der Waals surface area contributed by atoms with Gasteiger partial charge in [-0.25, -0.2) is 0 Å². The first-order chi connectivity index (χ1) is 18.5. The Hall–Kier alpha value is -3.80. The van der Waals surface area contributed by atoms with Gasteiger partial charge in [0.25, 0.3) is 11.8 Å². The highest BCUT2D eigenvalue weighted by molar-refractivity contribution is 6.58. The van der Waals surface area contributed by atoms with Gasteiger partial charge in [-0.1, -0.05) is 24.3 Å². The number of nitrogens with one attached hydrogen (secondary N) is 2. The van der Waals surface area contributed by atoms with Crippen LogP contribution in [0.2, 0.25) is 0 Å². The van der Waals surface area contributed by atoms with E-state index in [0.717, 1.165) is 12.1 Å². The molecule has 9 nitrogen and oxygen atoms in total. The maximum Gasteiger partial charge on any atom is 0.349 e. The Morgan fingerprint density at radius 2 is 1.90 bits per heavy atom. The van der Waals surface area contributed by atoms with Gasteiger partial charge >= 0.3 is 5.92 Å². The summed E-state index contributed by atoms with van der Waals surface area (Å²) in [6.07, 6.45) is 0.513. The van der Waals surface area contributed by atoms with Crippen molar-refractivity contribution in [2.75, 3.05) is 19.8 Å². The van der Waals surface area contributed by atoms with Gasteiger partial charge in [-0.15, -0.1) is 0 Å². The van der Waals surface area contributed by atoms with Crippen molar-refractivity contribution >= 4 is 31.4 Å². The third-order valence-electron chi connectivity index (χ3n) is 5.93. The molecule has 0 spiro atoms. The Morgan fingerprint density at radius 1 is 1.13 bits per heavy atom. The zero-order valence-corrected chi connectivity index (χ0v) is 22.2. The number of alkyl halides is 2. The zero-order valence-electron chi connectivity index (χ0n) is 22.2. The van der Waals surface area contributed by atoms with Crippen LogP contribution in [0.4, 0.5) is 13.6 Å². The smallest absolute Gasteiger partial charge is 0.349 e. The number of hydrogen-bond donors (Lipinski definition) is 2. The van der Waals surface area contributed by atoms with Crippen molar-refractivity contribution in [3.63, 3.8) is 0 Å². The minimum absolute atomic E-state index is 0.0251. The molecule has 208 valence electrons. The molecule has 3 rings (SSSR count). The lowest BCUT2D eigenvalue weighted by Crippen LogP contribution is -2.37. The van der Waals surface area contributed by atoms with E-state index in [-0.39, 0.29) is 37.3 Å². The maximum absolute atomic E-state index is 14.9. The van der Waals surface area contributed by atoms with E-state index in [9.17, 15) is 28.0 Å². The number of hydrogen-bond acceptors (Lipinski definition) is 6. The monoisotopic (exact) mass is 543 g/mol. The molecule has 0 unspecified atom stereocenters. The highest BCUT2D eigenvalue weighted by atomic mass is 19.3. The van der Waals surface area contributed by atoms with Gasteiger partial charge in [0.05, 0.1) is 12.7 Å². The van der Waals surface area contributed by atoms with Crippen molar-refractivity contribution < 1.29 is 37.4 Å². The van der Waals surface area contributed by atoms with Crippen LogP contribution in [0, 0.1) is 0 Å². The van der Waals surface area contributed by atoms with Gasteiger partial charge in [-0.3, -0.25) is 19.2 Å². The largest absolute Gasteiger partial charge is 0.491 e. The summed E-state index contributed by atoms with van der Waals surface area (Å²) in [5.41, 5.74) is 1.27. The molecule has 0 aromatic heterocycles. The number of nitrogens with zero attached hydrogens (tertiary/aromatic N) is 1. The normalized spacial score (nSPS) is 12.8. The molecule has 0 aliphatic carbocycles. The predicted octanol–water partition coefficient (Wildman–Crippen LogP) is 2.50.